The van der Waals surface area contributed by atoms with E-state index in [-0.39, 0.29) is 17.9 Å². The smallest absolute Gasteiger partial charge is 0.306 e. The molecule has 4 heteroatoms. The van der Waals surface area contributed by atoms with E-state index in [0.29, 0.717) is 26.1 Å². The van der Waals surface area contributed by atoms with E-state index in [1.807, 2.05) is 13.8 Å². The van der Waals surface area contributed by atoms with Gasteiger partial charge >= 0.3 is 11.9 Å². The second-order valence-corrected chi connectivity index (χ2v) is 5.89. The molecule has 0 spiro atoms. The molecule has 22 heavy (non-hydrogen) atoms. The Morgan fingerprint density at radius 2 is 1.27 bits per heavy atom. The van der Waals surface area contributed by atoms with Crippen LogP contribution in [0, 0.1) is 5.92 Å². The third-order valence-electron chi connectivity index (χ3n) is 3.72. The van der Waals surface area contributed by atoms with Crippen LogP contribution in [-0.4, -0.2) is 25.2 Å². The van der Waals surface area contributed by atoms with Gasteiger partial charge < -0.3 is 9.47 Å². The molecule has 1 atom stereocenters. The fourth-order valence-corrected chi connectivity index (χ4v) is 2.23. The first kappa shape index (κ1) is 20.9. The molecule has 4 nitrogen and oxygen atoms in total. The topological polar surface area (TPSA) is 52.6 Å². The Hall–Kier alpha value is -1.06. The number of ether oxygens (including phenoxy) is 2. The number of esters is 2. The van der Waals surface area contributed by atoms with Crippen LogP contribution in [0.4, 0.5) is 0 Å². The van der Waals surface area contributed by atoms with Crippen LogP contribution in [0.2, 0.25) is 0 Å². The minimum absolute atomic E-state index is 0.0291. The molecule has 0 aliphatic heterocycles. The molecular weight excluding hydrogens is 280 g/mol. The fourth-order valence-electron chi connectivity index (χ4n) is 2.23. The average molecular weight is 314 g/mol. The Kier molecular flexibility index (Phi) is 14.1. The third kappa shape index (κ3) is 12.7. The lowest BCUT2D eigenvalue weighted by Gasteiger charge is -2.13. The summed E-state index contributed by atoms with van der Waals surface area (Å²) < 4.78 is 10.3. The van der Waals surface area contributed by atoms with Gasteiger partial charge in [-0.05, 0) is 18.8 Å². The molecule has 0 aromatic heterocycles. The Bertz CT molecular complexity index is 289. The molecule has 1 unspecified atom stereocenters. The van der Waals surface area contributed by atoms with E-state index in [1.54, 1.807) is 0 Å². The molecule has 0 saturated heterocycles. The summed E-state index contributed by atoms with van der Waals surface area (Å²) in [7, 11) is 0. The van der Waals surface area contributed by atoms with E-state index >= 15 is 0 Å². The number of unbranched alkanes of at least 4 members (excludes halogenated alkanes) is 5. The van der Waals surface area contributed by atoms with Crippen LogP contribution in [0.3, 0.4) is 0 Å². The second kappa shape index (κ2) is 14.9. The van der Waals surface area contributed by atoms with Crippen LogP contribution >= 0.6 is 0 Å². The molecule has 0 radical (unpaired) electrons. The van der Waals surface area contributed by atoms with E-state index in [9.17, 15) is 9.59 Å². The van der Waals surface area contributed by atoms with Gasteiger partial charge in [0.25, 0.3) is 0 Å². The average Bonchev–Trinajstić information content (AvgIpc) is 2.51. The number of hydrogen-bond acceptors (Lipinski definition) is 4. The van der Waals surface area contributed by atoms with Gasteiger partial charge in [0.15, 0.2) is 0 Å². The summed E-state index contributed by atoms with van der Waals surface area (Å²) in [5, 5.41) is 0. The SMILES string of the molecule is CCCCCCCCOC(=O)CC(CC)CC(=O)OCCC. The molecule has 0 aliphatic carbocycles. The summed E-state index contributed by atoms with van der Waals surface area (Å²) in [5.41, 5.74) is 0. The Labute approximate surface area is 135 Å². The number of carbonyl (C=O) groups is 2. The van der Waals surface area contributed by atoms with E-state index < -0.39 is 0 Å². The van der Waals surface area contributed by atoms with Crippen molar-refractivity contribution in [2.24, 2.45) is 5.92 Å². The lowest BCUT2D eigenvalue weighted by atomic mass is 9.99. The van der Waals surface area contributed by atoms with Gasteiger partial charge in [0.05, 0.1) is 13.2 Å². The Morgan fingerprint density at radius 3 is 1.82 bits per heavy atom. The predicted molar refractivity (Wildman–Crippen MR) is 88.6 cm³/mol. The zero-order valence-electron chi connectivity index (χ0n) is 14.7. The summed E-state index contributed by atoms with van der Waals surface area (Å²) in [5.74, 6) is -0.373. The zero-order chi connectivity index (χ0) is 16.6. The summed E-state index contributed by atoms with van der Waals surface area (Å²) in [4.78, 5) is 23.3. The van der Waals surface area contributed by atoms with Crippen LogP contribution in [0.1, 0.15) is 85.0 Å². The molecular formula is C18H34O4. The monoisotopic (exact) mass is 314 g/mol. The molecule has 0 aromatic rings. The van der Waals surface area contributed by atoms with Crippen LogP contribution in [-0.2, 0) is 19.1 Å². The standard InChI is InChI=1S/C18H34O4/c1-4-7-8-9-10-11-13-22-18(20)15-16(6-3)14-17(19)21-12-5-2/h16H,4-15H2,1-3H3. The summed E-state index contributed by atoms with van der Waals surface area (Å²) in [6, 6.07) is 0. The van der Waals surface area contributed by atoms with Gasteiger partial charge in [-0.15, -0.1) is 0 Å². The van der Waals surface area contributed by atoms with E-state index in [4.69, 9.17) is 9.47 Å². The van der Waals surface area contributed by atoms with E-state index in [2.05, 4.69) is 6.92 Å². The zero-order valence-corrected chi connectivity index (χ0v) is 14.7. The molecule has 0 aliphatic rings. The van der Waals surface area contributed by atoms with Gasteiger partial charge in [-0.1, -0.05) is 59.3 Å². The Balaban J connectivity index is 3.71. The summed E-state index contributed by atoms with van der Waals surface area (Å²) in [6.45, 7) is 7.10. The van der Waals surface area contributed by atoms with Crippen molar-refractivity contribution >= 4 is 11.9 Å². The first-order chi connectivity index (χ1) is 10.6. The van der Waals surface area contributed by atoms with Crippen molar-refractivity contribution in [2.45, 2.75) is 85.0 Å². The lowest BCUT2D eigenvalue weighted by molar-refractivity contribution is -0.147. The highest BCUT2D eigenvalue weighted by molar-refractivity contribution is 5.73. The minimum Gasteiger partial charge on any atom is -0.466 e. The first-order valence-electron chi connectivity index (χ1n) is 8.95. The maximum Gasteiger partial charge on any atom is 0.306 e. The minimum atomic E-state index is -0.211. The molecule has 0 rings (SSSR count). The van der Waals surface area contributed by atoms with E-state index in [0.717, 1.165) is 25.7 Å². The summed E-state index contributed by atoms with van der Waals surface area (Å²) in [6.07, 6.45) is 9.29. The van der Waals surface area contributed by atoms with Crippen LogP contribution in [0.15, 0.2) is 0 Å². The second-order valence-electron chi connectivity index (χ2n) is 5.89. The first-order valence-corrected chi connectivity index (χ1v) is 8.95. The van der Waals surface area contributed by atoms with Crippen molar-refractivity contribution < 1.29 is 19.1 Å². The molecule has 0 N–H and O–H groups in total. The van der Waals surface area contributed by atoms with Crippen molar-refractivity contribution in [3.05, 3.63) is 0 Å². The third-order valence-corrected chi connectivity index (χ3v) is 3.72. The van der Waals surface area contributed by atoms with Crippen LogP contribution in [0.25, 0.3) is 0 Å². The molecule has 0 bridgehead atoms. The van der Waals surface area contributed by atoms with Gasteiger partial charge in [0, 0.05) is 12.8 Å². The van der Waals surface area contributed by atoms with Gasteiger partial charge in [-0.2, -0.15) is 0 Å². The largest absolute Gasteiger partial charge is 0.466 e. The van der Waals surface area contributed by atoms with Gasteiger partial charge in [-0.3, -0.25) is 9.59 Å². The molecule has 0 fully saturated rings. The lowest BCUT2D eigenvalue weighted by Crippen LogP contribution is -2.17. The predicted octanol–water partition coefficient (Wildman–Crippen LogP) is 4.65. The number of rotatable bonds is 14. The maximum atomic E-state index is 11.8. The Morgan fingerprint density at radius 1 is 0.727 bits per heavy atom. The van der Waals surface area contributed by atoms with Gasteiger partial charge in [0.2, 0.25) is 0 Å². The van der Waals surface area contributed by atoms with Crippen LogP contribution < -0.4 is 0 Å². The maximum absolute atomic E-state index is 11.8. The molecule has 130 valence electrons. The highest BCUT2D eigenvalue weighted by atomic mass is 16.5. The summed E-state index contributed by atoms with van der Waals surface area (Å²) >= 11 is 0. The molecule has 0 amide bonds. The van der Waals surface area contributed by atoms with Crippen molar-refractivity contribution in [3.8, 4) is 0 Å². The molecule has 0 saturated carbocycles. The molecule has 0 heterocycles. The van der Waals surface area contributed by atoms with E-state index in [1.165, 1.54) is 25.7 Å². The number of hydrogen-bond donors (Lipinski definition) is 0. The normalized spacial score (nSPS) is 12.0. The quantitative estimate of drug-likeness (QED) is 0.346. The van der Waals surface area contributed by atoms with Crippen molar-refractivity contribution in [1.29, 1.82) is 0 Å². The highest BCUT2D eigenvalue weighted by Gasteiger charge is 2.17. The van der Waals surface area contributed by atoms with Crippen molar-refractivity contribution in [3.63, 3.8) is 0 Å². The molecule has 0 aromatic carbocycles. The van der Waals surface area contributed by atoms with Crippen LogP contribution in [0.5, 0.6) is 0 Å². The number of carbonyl (C=O) groups excluding carboxylic acids is 2. The fraction of sp³-hybridized carbons (Fsp3) is 0.889. The van der Waals surface area contributed by atoms with Gasteiger partial charge in [-0.25, -0.2) is 0 Å². The highest BCUT2D eigenvalue weighted by Crippen LogP contribution is 2.15. The van der Waals surface area contributed by atoms with Crippen molar-refractivity contribution in [2.75, 3.05) is 13.2 Å². The van der Waals surface area contributed by atoms with Crippen molar-refractivity contribution in [1.82, 2.24) is 0 Å². The van der Waals surface area contributed by atoms with Gasteiger partial charge in [0.1, 0.15) is 0 Å².